The number of methoxy groups -OCH3 is 2. The summed E-state index contributed by atoms with van der Waals surface area (Å²) in [6.45, 7) is 4.43. The van der Waals surface area contributed by atoms with Gasteiger partial charge in [0.1, 0.15) is 11.5 Å². The quantitative estimate of drug-likeness (QED) is 0.596. The van der Waals surface area contributed by atoms with Crippen molar-refractivity contribution in [1.82, 2.24) is 15.1 Å². The van der Waals surface area contributed by atoms with Gasteiger partial charge in [-0.2, -0.15) is 0 Å². The number of hydrogen-bond acceptors (Lipinski definition) is 6. The molecule has 0 unspecified atom stereocenters. The third-order valence-electron chi connectivity index (χ3n) is 5.67. The van der Waals surface area contributed by atoms with Gasteiger partial charge >= 0.3 is 6.03 Å². The third kappa shape index (κ3) is 5.12. The van der Waals surface area contributed by atoms with E-state index in [9.17, 15) is 4.79 Å². The van der Waals surface area contributed by atoms with Gasteiger partial charge in [-0.15, -0.1) is 10.2 Å². The molecule has 4 rings (SSSR count). The number of rotatable bonds is 5. The fourth-order valence-corrected chi connectivity index (χ4v) is 3.89. The zero-order valence-corrected chi connectivity index (χ0v) is 19.6. The largest absolute Gasteiger partial charge is 0.497 e. The minimum absolute atomic E-state index is 0.133. The zero-order chi connectivity index (χ0) is 23.4. The summed E-state index contributed by atoms with van der Waals surface area (Å²) < 4.78 is 10.8. The number of aromatic nitrogens is 2. The summed E-state index contributed by atoms with van der Waals surface area (Å²) in [7, 11) is 3.24. The monoisotopic (exact) mass is 467 g/mol. The Morgan fingerprint density at radius 2 is 1.76 bits per heavy atom. The average Bonchev–Trinajstić information content (AvgIpc) is 2.86. The van der Waals surface area contributed by atoms with Crippen LogP contribution in [0.5, 0.6) is 11.5 Å². The van der Waals surface area contributed by atoms with Crippen LogP contribution < -0.4 is 19.7 Å². The zero-order valence-electron chi connectivity index (χ0n) is 18.8. The molecule has 0 atom stereocenters. The predicted molar refractivity (Wildman–Crippen MR) is 130 cm³/mol. The van der Waals surface area contributed by atoms with Crippen molar-refractivity contribution in [3.63, 3.8) is 0 Å². The lowest BCUT2D eigenvalue weighted by Gasteiger charge is -2.35. The number of amides is 2. The summed E-state index contributed by atoms with van der Waals surface area (Å²) in [6.07, 6.45) is 0. The van der Waals surface area contributed by atoms with Crippen LogP contribution in [0.15, 0.2) is 48.5 Å². The molecule has 2 aromatic carbocycles. The number of piperazine rings is 1. The van der Waals surface area contributed by atoms with E-state index in [-0.39, 0.29) is 6.03 Å². The molecule has 1 saturated heterocycles. The Kier molecular flexibility index (Phi) is 6.84. The third-order valence-corrected chi connectivity index (χ3v) is 5.90. The molecule has 0 spiro atoms. The first kappa shape index (κ1) is 22.7. The molecule has 0 saturated carbocycles. The van der Waals surface area contributed by atoms with Gasteiger partial charge in [0.15, 0.2) is 5.82 Å². The van der Waals surface area contributed by atoms with Crippen molar-refractivity contribution in [3.05, 3.63) is 59.1 Å². The van der Waals surface area contributed by atoms with E-state index in [1.807, 2.05) is 49.4 Å². The van der Waals surface area contributed by atoms with E-state index in [2.05, 4.69) is 20.4 Å². The summed E-state index contributed by atoms with van der Waals surface area (Å²) in [5.41, 5.74) is 3.21. The van der Waals surface area contributed by atoms with Crippen LogP contribution >= 0.6 is 11.6 Å². The first-order valence-electron chi connectivity index (χ1n) is 10.6. The van der Waals surface area contributed by atoms with E-state index in [0.717, 1.165) is 28.4 Å². The Morgan fingerprint density at radius 1 is 0.970 bits per heavy atom. The van der Waals surface area contributed by atoms with E-state index < -0.39 is 0 Å². The molecule has 1 aliphatic rings. The van der Waals surface area contributed by atoms with Gasteiger partial charge in [0.05, 0.1) is 19.9 Å². The van der Waals surface area contributed by atoms with E-state index in [4.69, 9.17) is 21.1 Å². The average molecular weight is 468 g/mol. The van der Waals surface area contributed by atoms with Crippen molar-refractivity contribution in [1.29, 1.82) is 0 Å². The number of nitrogens with zero attached hydrogens (tertiary/aromatic N) is 4. The summed E-state index contributed by atoms with van der Waals surface area (Å²) in [6, 6.07) is 14.7. The van der Waals surface area contributed by atoms with Crippen LogP contribution in [0.1, 0.15) is 5.56 Å². The number of aryl methyl sites for hydroxylation is 1. The molecule has 1 aliphatic heterocycles. The number of halogens is 1. The maximum atomic E-state index is 12.7. The maximum Gasteiger partial charge on any atom is 0.321 e. The molecule has 8 nitrogen and oxygen atoms in total. The van der Waals surface area contributed by atoms with Crippen LogP contribution in [0.3, 0.4) is 0 Å². The topological polar surface area (TPSA) is 79.8 Å². The first-order chi connectivity index (χ1) is 16.0. The second kappa shape index (κ2) is 9.95. The fraction of sp³-hybridized carbons (Fsp3) is 0.292. The fourth-order valence-electron chi connectivity index (χ4n) is 3.71. The highest BCUT2D eigenvalue weighted by Gasteiger charge is 2.23. The normalized spacial score (nSPS) is 13.6. The standard InChI is InChI=1S/C24H26ClN5O3/c1-16-4-5-17(25)14-21(16)26-24(31)30-12-10-29(11-13-30)23-9-7-20(27-28-23)19-15-18(32-2)6-8-22(19)33-3/h4-9,14-15H,10-13H2,1-3H3,(H,26,31). The molecule has 1 fully saturated rings. The second-order valence-electron chi connectivity index (χ2n) is 7.71. The Balaban J connectivity index is 1.39. The first-order valence-corrected chi connectivity index (χ1v) is 11.0. The number of benzene rings is 2. The predicted octanol–water partition coefficient (Wildman–Crippen LogP) is 4.48. The Hall–Kier alpha value is -3.52. The summed E-state index contributed by atoms with van der Waals surface area (Å²) in [5.74, 6) is 2.19. The van der Waals surface area contributed by atoms with E-state index in [0.29, 0.717) is 42.6 Å². The van der Waals surface area contributed by atoms with Gasteiger partial charge in [0, 0.05) is 42.5 Å². The van der Waals surface area contributed by atoms with Crippen LogP contribution in [0, 0.1) is 6.92 Å². The van der Waals surface area contributed by atoms with Crippen LogP contribution in [-0.4, -0.2) is 61.5 Å². The molecule has 0 aliphatic carbocycles. The molecule has 9 heteroatoms. The molecule has 2 amide bonds. The van der Waals surface area contributed by atoms with Crippen molar-refractivity contribution in [2.75, 3.05) is 50.6 Å². The van der Waals surface area contributed by atoms with Gasteiger partial charge in [-0.1, -0.05) is 17.7 Å². The molecule has 1 aromatic heterocycles. The van der Waals surface area contributed by atoms with Gasteiger partial charge in [-0.3, -0.25) is 0 Å². The highest BCUT2D eigenvalue weighted by atomic mass is 35.5. The lowest BCUT2D eigenvalue weighted by Crippen LogP contribution is -2.50. The Labute approximate surface area is 198 Å². The Morgan fingerprint density at radius 3 is 2.42 bits per heavy atom. The summed E-state index contributed by atoms with van der Waals surface area (Å²) >= 11 is 6.06. The van der Waals surface area contributed by atoms with Crippen LogP contribution in [0.2, 0.25) is 5.02 Å². The molecule has 172 valence electrons. The molecule has 0 bridgehead atoms. The van der Waals surface area contributed by atoms with E-state index in [1.54, 1.807) is 25.2 Å². The number of carbonyl (C=O) groups excluding carboxylic acids is 1. The molecular formula is C24H26ClN5O3. The van der Waals surface area contributed by atoms with Gasteiger partial charge < -0.3 is 24.6 Å². The second-order valence-corrected chi connectivity index (χ2v) is 8.14. The van der Waals surface area contributed by atoms with Crippen molar-refractivity contribution >= 4 is 29.1 Å². The number of nitrogens with one attached hydrogen (secondary N) is 1. The van der Waals surface area contributed by atoms with Gasteiger partial charge in [0.25, 0.3) is 0 Å². The van der Waals surface area contributed by atoms with E-state index in [1.165, 1.54) is 0 Å². The summed E-state index contributed by atoms with van der Waals surface area (Å²) in [5, 5.41) is 12.4. The molecule has 0 radical (unpaired) electrons. The van der Waals surface area contributed by atoms with Crippen molar-refractivity contribution in [3.8, 4) is 22.8 Å². The van der Waals surface area contributed by atoms with Crippen LogP contribution in [-0.2, 0) is 0 Å². The molecule has 1 N–H and O–H groups in total. The highest BCUT2D eigenvalue weighted by molar-refractivity contribution is 6.31. The van der Waals surface area contributed by atoms with Crippen molar-refractivity contribution < 1.29 is 14.3 Å². The lowest BCUT2D eigenvalue weighted by atomic mass is 10.1. The number of hydrogen-bond donors (Lipinski definition) is 1. The number of ether oxygens (including phenoxy) is 2. The minimum atomic E-state index is -0.133. The molecular weight excluding hydrogens is 442 g/mol. The molecule has 2 heterocycles. The Bertz CT molecular complexity index is 1130. The molecule has 33 heavy (non-hydrogen) atoms. The minimum Gasteiger partial charge on any atom is -0.497 e. The van der Waals surface area contributed by atoms with Crippen LogP contribution in [0.25, 0.3) is 11.3 Å². The van der Waals surface area contributed by atoms with Crippen molar-refractivity contribution in [2.24, 2.45) is 0 Å². The van der Waals surface area contributed by atoms with Crippen LogP contribution in [0.4, 0.5) is 16.3 Å². The SMILES string of the molecule is COc1ccc(OC)c(-c2ccc(N3CCN(C(=O)Nc4cc(Cl)ccc4C)CC3)nn2)c1. The number of carbonyl (C=O) groups is 1. The van der Waals surface area contributed by atoms with Gasteiger partial charge in [0.2, 0.25) is 0 Å². The van der Waals surface area contributed by atoms with Crippen molar-refractivity contribution in [2.45, 2.75) is 6.92 Å². The van der Waals surface area contributed by atoms with Gasteiger partial charge in [-0.25, -0.2) is 4.79 Å². The lowest BCUT2D eigenvalue weighted by molar-refractivity contribution is 0.208. The highest BCUT2D eigenvalue weighted by Crippen LogP contribution is 2.32. The number of urea groups is 1. The van der Waals surface area contributed by atoms with E-state index >= 15 is 0 Å². The number of anilines is 2. The summed E-state index contributed by atoms with van der Waals surface area (Å²) in [4.78, 5) is 16.6. The maximum absolute atomic E-state index is 12.7. The van der Waals surface area contributed by atoms with Gasteiger partial charge in [-0.05, 0) is 55.0 Å². The molecule has 3 aromatic rings. The smallest absolute Gasteiger partial charge is 0.321 e.